The zero-order chi connectivity index (χ0) is 24.3. The van der Waals surface area contributed by atoms with Crippen LogP contribution in [0.5, 0.6) is 0 Å². The lowest BCUT2D eigenvalue weighted by Gasteiger charge is -2.21. The monoisotopic (exact) mass is 492 g/mol. The maximum absolute atomic E-state index is 14.0. The van der Waals surface area contributed by atoms with Gasteiger partial charge < -0.3 is 5.32 Å². The molecule has 0 aromatic heterocycles. The van der Waals surface area contributed by atoms with Crippen LogP contribution in [0.4, 0.5) is 50.0 Å². The van der Waals surface area contributed by atoms with Crippen LogP contribution in [0.1, 0.15) is 10.4 Å². The summed E-state index contributed by atoms with van der Waals surface area (Å²) >= 11 is -0.792. The summed E-state index contributed by atoms with van der Waals surface area (Å²) in [4.78, 5) is 22.8. The van der Waals surface area contributed by atoms with Crippen molar-refractivity contribution < 1.29 is 53.8 Å². The van der Waals surface area contributed by atoms with E-state index in [0.717, 1.165) is 18.2 Å². The van der Waals surface area contributed by atoms with Crippen molar-refractivity contribution in [3.8, 4) is 0 Å². The largest absolute Gasteiger partial charge is 0.525 e. The fourth-order valence-electron chi connectivity index (χ4n) is 2.08. The van der Waals surface area contributed by atoms with Gasteiger partial charge in [0.1, 0.15) is 23.0 Å². The molecule has 0 bridgehead atoms. The van der Waals surface area contributed by atoms with E-state index >= 15 is 0 Å². The summed E-state index contributed by atoms with van der Waals surface area (Å²) in [5.41, 5.74) is -1.81. The van der Waals surface area contributed by atoms with E-state index in [1.165, 1.54) is 5.32 Å². The van der Waals surface area contributed by atoms with Gasteiger partial charge in [-0.3, -0.25) is 10.1 Å². The van der Waals surface area contributed by atoms with Crippen LogP contribution in [-0.2, 0) is 4.74 Å². The zero-order valence-corrected chi connectivity index (χ0v) is 15.9. The summed E-state index contributed by atoms with van der Waals surface area (Å²) in [5.74, 6) is -5.49. The summed E-state index contributed by atoms with van der Waals surface area (Å²) in [6.45, 7) is 0. The Kier molecular flexibility index (Phi) is 7.66. The normalized spacial score (nSPS) is 12.9. The third-order valence-electron chi connectivity index (χ3n) is 3.36. The molecule has 0 spiro atoms. The molecule has 0 aliphatic heterocycles. The third kappa shape index (κ3) is 6.78. The first kappa shape index (κ1) is 25.3. The fraction of sp³-hybridized carbons (Fsp3) is 0.176. The standard InChI is InChI=1S/C17H9F9N2O3S/c18-8-2-1-3-9(19)12(8)13(29)28-15(30)27-11-5-4-7(6-10(11)20)32-16(22,23)14(21)31-17(24,25)26/h1-6,14H,(H2,27,28,29,30). The van der Waals surface area contributed by atoms with Crippen molar-refractivity contribution in [1.29, 1.82) is 0 Å². The van der Waals surface area contributed by atoms with Gasteiger partial charge >= 0.3 is 17.6 Å². The van der Waals surface area contributed by atoms with E-state index in [0.29, 0.717) is 18.2 Å². The molecule has 2 N–H and O–H groups in total. The Morgan fingerprint density at radius 2 is 1.53 bits per heavy atom. The highest BCUT2D eigenvalue weighted by Crippen LogP contribution is 2.42. The van der Waals surface area contributed by atoms with Gasteiger partial charge in [0.15, 0.2) is 0 Å². The molecule has 2 rings (SSSR count). The number of amides is 3. The topological polar surface area (TPSA) is 67.4 Å². The number of hydrogen-bond donors (Lipinski definition) is 2. The van der Waals surface area contributed by atoms with Crippen LogP contribution in [0.3, 0.4) is 0 Å². The number of carbonyl (C=O) groups is 2. The van der Waals surface area contributed by atoms with Crippen molar-refractivity contribution in [1.82, 2.24) is 5.32 Å². The first-order valence-electron chi connectivity index (χ1n) is 8.01. The molecule has 174 valence electrons. The molecule has 0 aliphatic carbocycles. The predicted octanol–water partition coefficient (Wildman–Crippen LogP) is 5.58. The first-order chi connectivity index (χ1) is 14.7. The molecule has 0 fully saturated rings. The maximum atomic E-state index is 14.0. The van der Waals surface area contributed by atoms with Gasteiger partial charge in [-0.15, -0.1) is 13.2 Å². The third-order valence-corrected chi connectivity index (χ3v) is 4.31. The van der Waals surface area contributed by atoms with Crippen molar-refractivity contribution in [3.05, 3.63) is 59.4 Å². The Morgan fingerprint density at radius 3 is 2.06 bits per heavy atom. The summed E-state index contributed by atoms with van der Waals surface area (Å²) < 4.78 is 119. The average molecular weight is 492 g/mol. The number of benzene rings is 2. The van der Waals surface area contributed by atoms with Crippen molar-refractivity contribution in [2.24, 2.45) is 0 Å². The van der Waals surface area contributed by atoms with E-state index in [1.54, 1.807) is 5.32 Å². The Morgan fingerprint density at radius 1 is 0.938 bits per heavy atom. The zero-order valence-electron chi connectivity index (χ0n) is 15.1. The molecular weight excluding hydrogens is 483 g/mol. The molecular formula is C17H9F9N2O3S. The summed E-state index contributed by atoms with van der Waals surface area (Å²) in [6.07, 6.45) is -9.78. The van der Waals surface area contributed by atoms with Gasteiger partial charge in [-0.25, -0.2) is 27.1 Å². The highest BCUT2D eigenvalue weighted by atomic mass is 32.2. The Bertz CT molecular complexity index is 997. The number of nitrogens with one attached hydrogen (secondary N) is 2. The number of carbonyl (C=O) groups excluding carboxylic acids is 2. The molecule has 0 saturated carbocycles. The molecule has 2 aromatic carbocycles. The lowest BCUT2D eigenvalue weighted by atomic mass is 10.2. The molecule has 0 aliphatic rings. The second-order valence-corrected chi connectivity index (χ2v) is 6.91. The van der Waals surface area contributed by atoms with Gasteiger partial charge in [0.25, 0.3) is 12.3 Å². The minimum absolute atomic E-state index is 0.326. The van der Waals surface area contributed by atoms with Crippen LogP contribution < -0.4 is 10.6 Å². The van der Waals surface area contributed by atoms with E-state index in [1.807, 2.05) is 0 Å². The van der Waals surface area contributed by atoms with Crippen LogP contribution >= 0.6 is 11.8 Å². The lowest BCUT2D eigenvalue weighted by Crippen LogP contribution is -2.35. The van der Waals surface area contributed by atoms with Crippen LogP contribution in [-0.4, -0.2) is 29.9 Å². The van der Waals surface area contributed by atoms with E-state index in [-0.39, 0.29) is 0 Å². The van der Waals surface area contributed by atoms with Gasteiger partial charge in [0.05, 0.1) is 5.69 Å². The van der Waals surface area contributed by atoms with Crippen LogP contribution in [0.25, 0.3) is 0 Å². The summed E-state index contributed by atoms with van der Waals surface area (Å²) in [6, 6.07) is 2.67. The molecule has 5 nitrogen and oxygen atoms in total. The number of hydrogen-bond acceptors (Lipinski definition) is 4. The van der Waals surface area contributed by atoms with E-state index in [4.69, 9.17) is 0 Å². The number of halogens is 9. The van der Waals surface area contributed by atoms with E-state index in [9.17, 15) is 49.1 Å². The Balaban J connectivity index is 2.05. The summed E-state index contributed by atoms with van der Waals surface area (Å²) in [7, 11) is 0. The average Bonchev–Trinajstić information content (AvgIpc) is 2.62. The lowest BCUT2D eigenvalue weighted by molar-refractivity contribution is -0.377. The van der Waals surface area contributed by atoms with Crippen molar-refractivity contribution in [3.63, 3.8) is 0 Å². The first-order valence-corrected chi connectivity index (χ1v) is 8.82. The number of rotatable bonds is 6. The van der Waals surface area contributed by atoms with Crippen LogP contribution in [0.15, 0.2) is 41.3 Å². The smallest absolute Gasteiger partial charge is 0.305 e. The van der Waals surface area contributed by atoms with Gasteiger partial charge in [0.2, 0.25) is 0 Å². The van der Waals surface area contributed by atoms with Crippen molar-refractivity contribution >= 4 is 29.4 Å². The molecule has 2 aromatic rings. The molecule has 0 radical (unpaired) electrons. The molecule has 3 amide bonds. The molecule has 1 unspecified atom stereocenters. The molecule has 15 heteroatoms. The number of thioether (sulfide) groups is 1. The maximum Gasteiger partial charge on any atom is 0.525 e. The second-order valence-electron chi connectivity index (χ2n) is 5.69. The van der Waals surface area contributed by atoms with E-state index in [2.05, 4.69) is 4.74 Å². The molecule has 0 heterocycles. The minimum Gasteiger partial charge on any atom is -0.305 e. The predicted molar refractivity (Wildman–Crippen MR) is 92.1 cm³/mol. The quantitative estimate of drug-likeness (QED) is 0.408. The fourth-order valence-corrected chi connectivity index (χ4v) is 2.84. The van der Waals surface area contributed by atoms with Crippen molar-refractivity contribution in [2.75, 3.05) is 5.32 Å². The summed E-state index contributed by atoms with van der Waals surface area (Å²) in [5, 5.41) is -1.49. The van der Waals surface area contributed by atoms with Gasteiger partial charge in [-0.2, -0.15) is 8.78 Å². The minimum atomic E-state index is -5.68. The van der Waals surface area contributed by atoms with E-state index < -0.39 is 75.3 Å². The molecule has 1 atom stereocenters. The Hall–Kier alpha value is -2.94. The number of imide groups is 1. The van der Waals surface area contributed by atoms with Gasteiger partial charge in [-0.05, 0) is 42.1 Å². The number of urea groups is 1. The number of anilines is 1. The molecule has 32 heavy (non-hydrogen) atoms. The molecule has 0 saturated heterocycles. The Labute approximate surface area is 176 Å². The van der Waals surface area contributed by atoms with Crippen LogP contribution in [0.2, 0.25) is 0 Å². The highest BCUT2D eigenvalue weighted by molar-refractivity contribution is 8.00. The number of alkyl halides is 6. The SMILES string of the molecule is O=C(NC(=O)c1c(F)cccc1F)Nc1ccc(SC(F)(F)C(F)OC(F)(F)F)cc1F. The second kappa shape index (κ2) is 9.68. The van der Waals surface area contributed by atoms with Crippen LogP contribution in [0, 0.1) is 17.5 Å². The highest BCUT2D eigenvalue weighted by Gasteiger charge is 2.49. The van der Waals surface area contributed by atoms with Crippen molar-refractivity contribution in [2.45, 2.75) is 22.9 Å². The van der Waals surface area contributed by atoms with Gasteiger partial charge in [-0.1, -0.05) is 6.07 Å². The van der Waals surface area contributed by atoms with Gasteiger partial charge in [0, 0.05) is 4.90 Å². The number of ether oxygens (including phenoxy) is 1.